The number of hydrogen-bond donors (Lipinski definition) is 1. The van der Waals surface area contributed by atoms with Gasteiger partial charge in [0.25, 0.3) is 0 Å². The van der Waals surface area contributed by atoms with Crippen molar-refractivity contribution in [1.82, 2.24) is 15.2 Å². The second-order valence-electron chi connectivity index (χ2n) is 9.75. The van der Waals surface area contributed by atoms with Crippen molar-refractivity contribution in [2.75, 3.05) is 20.1 Å². The van der Waals surface area contributed by atoms with Crippen LogP contribution in [0, 0.1) is 5.92 Å². The Morgan fingerprint density at radius 2 is 1.86 bits per heavy atom. The highest BCUT2D eigenvalue weighted by Crippen LogP contribution is 2.29. The third-order valence-electron chi connectivity index (χ3n) is 7.10. The second kappa shape index (κ2) is 12.1. The molecule has 35 heavy (non-hydrogen) atoms. The number of ketones is 1. The molecular formula is C29H37N3O3. The van der Waals surface area contributed by atoms with Gasteiger partial charge in [0.15, 0.2) is 5.76 Å². The van der Waals surface area contributed by atoms with Crippen LogP contribution < -0.4 is 5.32 Å². The van der Waals surface area contributed by atoms with Gasteiger partial charge < -0.3 is 14.6 Å². The lowest BCUT2D eigenvalue weighted by atomic mass is 9.95. The smallest absolute Gasteiger partial charge is 0.223 e. The molecule has 1 fully saturated rings. The van der Waals surface area contributed by atoms with Crippen LogP contribution in [0.5, 0.6) is 0 Å². The number of rotatable bonds is 11. The van der Waals surface area contributed by atoms with E-state index in [1.54, 1.807) is 6.20 Å². The number of oxazole rings is 1. The topological polar surface area (TPSA) is 75.4 Å². The summed E-state index contributed by atoms with van der Waals surface area (Å²) in [7, 11) is 2.10. The Morgan fingerprint density at radius 3 is 2.63 bits per heavy atom. The molecule has 6 heteroatoms. The van der Waals surface area contributed by atoms with Crippen molar-refractivity contribution in [1.29, 1.82) is 0 Å². The Bertz CT molecular complexity index is 1130. The molecule has 1 aromatic heterocycles. The van der Waals surface area contributed by atoms with Gasteiger partial charge in [-0.2, -0.15) is 0 Å². The third kappa shape index (κ3) is 6.79. The number of aromatic nitrogens is 1. The molecule has 2 aromatic carbocycles. The predicted molar refractivity (Wildman–Crippen MR) is 139 cm³/mol. The fraction of sp³-hybridized carbons (Fsp3) is 0.483. The number of Topliss-reactive ketones (excluding diaryl/α,β-unsaturated/α-hetero) is 1. The van der Waals surface area contributed by atoms with Crippen LogP contribution in [0.1, 0.15) is 70.2 Å². The van der Waals surface area contributed by atoms with Gasteiger partial charge in [0.2, 0.25) is 11.8 Å². The Hall–Kier alpha value is -2.99. The van der Waals surface area contributed by atoms with Crippen LogP contribution in [0.3, 0.4) is 0 Å². The summed E-state index contributed by atoms with van der Waals surface area (Å²) in [6.45, 7) is 3.80. The number of fused-ring (bicyclic) bond motifs is 1. The van der Waals surface area contributed by atoms with Crippen LogP contribution in [0.2, 0.25) is 0 Å². The second-order valence-corrected chi connectivity index (χ2v) is 9.75. The fourth-order valence-electron chi connectivity index (χ4n) is 4.77. The molecule has 4 rings (SSSR count). The molecule has 0 radical (unpaired) electrons. The molecule has 186 valence electrons. The summed E-state index contributed by atoms with van der Waals surface area (Å²) in [5.41, 5.74) is 0.973. The Balaban J connectivity index is 1.45. The minimum Gasteiger partial charge on any atom is -0.438 e. The first-order valence-electron chi connectivity index (χ1n) is 13.0. The minimum atomic E-state index is -0.266. The van der Waals surface area contributed by atoms with E-state index in [-0.39, 0.29) is 17.9 Å². The first kappa shape index (κ1) is 25.1. The van der Waals surface area contributed by atoms with E-state index in [1.165, 1.54) is 5.39 Å². The van der Waals surface area contributed by atoms with Gasteiger partial charge in [-0.15, -0.1) is 0 Å². The number of unbranched alkanes of at least 4 members (excludes halogenated alkanes) is 2. The standard InChI is InChI=1S/C29H37N3O3/c1-3-25(33)11-5-4-6-12-26(31-28(34)22-15-17-32(2)18-16-22)29-30-20-27(35-29)24-14-13-21-9-7-8-10-23(21)19-24/h7-10,13-14,19-20,22,26H,3-6,11-12,15-18H2,1-2H3,(H,31,34)/t26-/m0/s1. The molecule has 0 saturated carbocycles. The van der Waals surface area contributed by atoms with Crippen molar-refractivity contribution in [3.8, 4) is 11.3 Å². The van der Waals surface area contributed by atoms with E-state index < -0.39 is 0 Å². The SMILES string of the molecule is CCC(=O)CCCCC[C@H](NC(=O)C1CCN(C)CC1)c1ncc(-c2ccc3ccccc3c2)o1. The molecule has 3 aromatic rings. The van der Waals surface area contributed by atoms with E-state index in [0.717, 1.165) is 62.6 Å². The monoisotopic (exact) mass is 475 g/mol. The molecule has 0 spiro atoms. The van der Waals surface area contributed by atoms with Gasteiger partial charge >= 0.3 is 0 Å². The maximum atomic E-state index is 13.1. The summed E-state index contributed by atoms with van der Waals surface area (Å²) >= 11 is 0. The molecule has 0 aliphatic carbocycles. The molecule has 0 unspecified atom stereocenters. The lowest BCUT2D eigenvalue weighted by Gasteiger charge is -2.29. The minimum absolute atomic E-state index is 0.0331. The summed E-state index contributed by atoms with van der Waals surface area (Å²) in [4.78, 5) is 31.5. The van der Waals surface area contributed by atoms with Gasteiger partial charge in [0.05, 0.1) is 6.20 Å². The summed E-state index contributed by atoms with van der Waals surface area (Å²) in [6, 6.07) is 14.2. The van der Waals surface area contributed by atoms with E-state index in [4.69, 9.17) is 4.42 Å². The van der Waals surface area contributed by atoms with Crippen molar-refractivity contribution < 1.29 is 14.0 Å². The Labute approximate surface area is 208 Å². The number of benzene rings is 2. The number of carbonyl (C=O) groups is 2. The van der Waals surface area contributed by atoms with Crippen LogP contribution in [0.25, 0.3) is 22.1 Å². The summed E-state index contributed by atoms with van der Waals surface area (Å²) in [6.07, 6.45) is 8.23. The third-order valence-corrected chi connectivity index (χ3v) is 7.10. The van der Waals surface area contributed by atoms with E-state index in [1.807, 2.05) is 25.1 Å². The highest BCUT2D eigenvalue weighted by Gasteiger charge is 2.27. The van der Waals surface area contributed by atoms with Gasteiger partial charge in [-0.05, 0) is 62.7 Å². The maximum Gasteiger partial charge on any atom is 0.223 e. The van der Waals surface area contributed by atoms with Crippen molar-refractivity contribution >= 4 is 22.5 Å². The van der Waals surface area contributed by atoms with E-state index in [0.29, 0.717) is 30.3 Å². The van der Waals surface area contributed by atoms with Gasteiger partial charge in [0.1, 0.15) is 11.8 Å². The average Bonchev–Trinajstić information content (AvgIpc) is 3.38. The van der Waals surface area contributed by atoms with E-state index in [2.05, 4.69) is 46.5 Å². The zero-order chi connectivity index (χ0) is 24.6. The largest absolute Gasteiger partial charge is 0.438 e. The normalized spacial score (nSPS) is 15.8. The molecule has 6 nitrogen and oxygen atoms in total. The van der Waals surface area contributed by atoms with Crippen molar-refractivity contribution in [3.63, 3.8) is 0 Å². The number of likely N-dealkylation sites (tertiary alicyclic amines) is 1. The highest BCUT2D eigenvalue weighted by atomic mass is 16.4. The predicted octanol–water partition coefficient (Wildman–Crippen LogP) is 5.92. The number of hydrogen-bond acceptors (Lipinski definition) is 5. The first-order valence-corrected chi connectivity index (χ1v) is 13.0. The van der Waals surface area contributed by atoms with E-state index in [9.17, 15) is 9.59 Å². The van der Waals surface area contributed by atoms with Gasteiger partial charge in [-0.25, -0.2) is 4.98 Å². The van der Waals surface area contributed by atoms with Crippen LogP contribution in [0.4, 0.5) is 0 Å². The molecule has 1 aliphatic rings. The van der Waals surface area contributed by atoms with Gasteiger partial charge in [0, 0.05) is 24.3 Å². The Kier molecular flexibility index (Phi) is 8.69. The van der Waals surface area contributed by atoms with Gasteiger partial charge in [-0.3, -0.25) is 9.59 Å². The summed E-state index contributed by atoms with van der Waals surface area (Å²) in [5, 5.41) is 5.57. The molecule has 1 amide bonds. The number of piperidine rings is 1. The molecule has 0 bridgehead atoms. The first-order chi connectivity index (χ1) is 17.0. The average molecular weight is 476 g/mol. The van der Waals surface area contributed by atoms with Crippen molar-refractivity contribution in [3.05, 3.63) is 54.6 Å². The number of nitrogens with zero attached hydrogens (tertiary/aromatic N) is 2. The number of carbonyl (C=O) groups excluding carboxylic acids is 2. The van der Waals surface area contributed by atoms with Crippen molar-refractivity contribution in [2.45, 2.75) is 64.3 Å². The fourth-order valence-corrected chi connectivity index (χ4v) is 4.77. The lowest BCUT2D eigenvalue weighted by Crippen LogP contribution is -2.40. The van der Waals surface area contributed by atoms with Gasteiger partial charge in [-0.1, -0.05) is 56.2 Å². The Morgan fingerprint density at radius 1 is 1.09 bits per heavy atom. The molecule has 1 atom stereocenters. The quantitative estimate of drug-likeness (QED) is 0.348. The number of amides is 1. The molecule has 1 N–H and O–H groups in total. The van der Waals surface area contributed by atoms with Crippen LogP contribution >= 0.6 is 0 Å². The van der Waals surface area contributed by atoms with Crippen LogP contribution in [0.15, 0.2) is 53.1 Å². The van der Waals surface area contributed by atoms with E-state index >= 15 is 0 Å². The maximum absolute atomic E-state index is 13.1. The molecule has 1 aliphatic heterocycles. The molecular weight excluding hydrogens is 438 g/mol. The van der Waals surface area contributed by atoms with Crippen molar-refractivity contribution in [2.24, 2.45) is 5.92 Å². The number of nitrogens with one attached hydrogen (secondary N) is 1. The van der Waals surface area contributed by atoms with Crippen LogP contribution in [-0.2, 0) is 9.59 Å². The zero-order valence-corrected chi connectivity index (χ0v) is 21.0. The molecule has 2 heterocycles. The van der Waals surface area contributed by atoms with Crippen LogP contribution in [-0.4, -0.2) is 41.7 Å². The summed E-state index contributed by atoms with van der Waals surface area (Å²) in [5.74, 6) is 1.70. The lowest BCUT2D eigenvalue weighted by molar-refractivity contribution is -0.127. The summed E-state index contributed by atoms with van der Waals surface area (Å²) < 4.78 is 6.21. The molecule has 1 saturated heterocycles. The highest BCUT2D eigenvalue weighted by molar-refractivity contribution is 5.86. The zero-order valence-electron chi connectivity index (χ0n) is 21.0.